The maximum absolute atomic E-state index is 8.86. The quantitative estimate of drug-likeness (QED) is 0.240. The van der Waals surface area contributed by atoms with Crippen molar-refractivity contribution in [2.75, 3.05) is 0 Å². The Morgan fingerprint density at radius 1 is 1.09 bits per heavy atom. The van der Waals surface area contributed by atoms with E-state index in [1.54, 1.807) is 0 Å². The standard InChI is InChI=1S/K.H4O4Si.2H2O.2O.Sb/c;1-5(2,3)4;;;;;/h;1-4H;2*1H2;;;/q+1;;;;;-1;+2/p-2. The van der Waals surface area contributed by atoms with Crippen LogP contribution in [0.2, 0.25) is 0 Å². The molecule has 11 heteroatoms. The molecule has 6 N–H and O–H groups in total. The summed E-state index contributed by atoms with van der Waals surface area (Å²) in [7, 11) is -4.61. The fraction of sp³-hybridized carbons (Fsp3) is 0. The van der Waals surface area contributed by atoms with Gasteiger partial charge in [-0.15, -0.1) is 0 Å². The Kier molecular flexibility index (Phi) is 13.0. The molecule has 0 aromatic rings. The fourth-order valence-electron chi connectivity index (χ4n) is 0. The molecule has 0 rings (SSSR count). The van der Waals surface area contributed by atoms with Crippen molar-refractivity contribution in [3.05, 3.63) is 0 Å². The molecule has 0 saturated carbocycles. The van der Waals surface area contributed by atoms with Crippen molar-refractivity contribution in [2.45, 2.75) is 0 Å². The number of hydrogen-bond donors (Lipinski definition) is 6. The third-order valence-electron chi connectivity index (χ3n) is 0. The molecule has 0 spiro atoms. The number of rotatable bonds is 0. The Morgan fingerprint density at radius 2 is 1.09 bits per heavy atom. The van der Waals surface area contributed by atoms with Gasteiger partial charge >= 0.3 is 93.7 Å². The van der Waals surface area contributed by atoms with Crippen LogP contribution in [0.4, 0.5) is 0 Å². The van der Waals surface area contributed by atoms with Crippen LogP contribution in [0.3, 0.4) is 0 Å². The molecule has 0 aliphatic heterocycles. The zero-order valence-electron chi connectivity index (χ0n) is 5.45. The Bertz CT molecular complexity index is 106. The average Bonchev–Trinajstić information content (AvgIpc) is 1.12. The summed E-state index contributed by atoms with van der Waals surface area (Å²) < 4.78 is 32.0. The molecule has 0 bridgehead atoms. The van der Waals surface area contributed by atoms with Gasteiger partial charge in [0.05, 0.1) is 0 Å². The SMILES string of the molecule is O[Si](O)(O)O.[K+].[O]=[Sb]([O-])([OH])[OH]. The summed E-state index contributed by atoms with van der Waals surface area (Å²) in [6.45, 7) is 0. The molecule has 0 unspecified atom stereocenters. The second-order valence-electron chi connectivity index (χ2n) is 1.09. The first-order valence-corrected chi connectivity index (χ1v) is 7.82. The Balaban J connectivity index is -0.000000107. The van der Waals surface area contributed by atoms with Gasteiger partial charge in [-0.1, -0.05) is 0 Å². The third-order valence-corrected chi connectivity index (χ3v) is 0. The predicted molar refractivity (Wildman–Crippen MR) is 25.5 cm³/mol. The van der Waals surface area contributed by atoms with E-state index < -0.39 is 29.1 Å². The molecule has 0 aliphatic carbocycles. The van der Waals surface area contributed by atoms with Crippen molar-refractivity contribution in [3.8, 4) is 0 Å². The monoisotopic (exact) mass is 322 g/mol. The van der Waals surface area contributed by atoms with E-state index in [4.69, 9.17) is 32.4 Å². The maximum atomic E-state index is 8.86. The summed E-state index contributed by atoms with van der Waals surface area (Å²) in [5, 5.41) is 0. The van der Waals surface area contributed by atoms with Crippen molar-refractivity contribution in [1.29, 1.82) is 0 Å². The van der Waals surface area contributed by atoms with E-state index in [0.29, 0.717) is 0 Å². The fourth-order valence-corrected chi connectivity index (χ4v) is 0. The zero-order chi connectivity index (χ0) is 9.00. The average molecular weight is 323 g/mol. The van der Waals surface area contributed by atoms with Gasteiger partial charge in [-0.25, -0.2) is 0 Å². The second kappa shape index (κ2) is 7.58. The molecular weight excluding hydrogens is 317 g/mol. The van der Waals surface area contributed by atoms with Crippen LogP contribution in [0, 0.1) is 0 Å². The Hall–Kier alpha value is 2.19. The zero-order valence-corrected chi connectivity index (χ0v) is 12.1. The summed E-state index contributed by atoms with van der Waals surface area (Å²) in [5.74, 6) is 0. The minimum atomic E-state index is -5.60. The van der Waals surface area contributed by atoms with Crippen molar-refractivity contribution in [2.24, 2.45) is 0 Å². The molecule has 11 heavy (non-hydrogen) atoms. The molecular formula is H6KO8SbSi. The van der Waals surface area contributed by atoms with Gasteiger partial charge in [-0.05, 0) is 0 Å². The number of hydrogen-bond acceptors (Lipinski definition) is 6. The van der Waals surface area contributed by atoms with E-state index in [2.05, 4.69) is 0 Å². The van der Waals surface area contributed by atoms with Crippen LogP contribution in [-0.2, 0) is 3.02 Å². The van der Waals surface area contributed by atoms with Gasteiger partial charge in [-0.2, -0.15) is 0 Å². The predicted octanol–water partition coefficient (Wildman–Crippen LogP) is -8.41. The van der Waals surface area contributed by atoms with Gasteiger partial charge in [0, 0.05) is 0 Å². The molecule has 0 atom stereocenters. The van der Waals surface area contributed by atoms with Gasteiger partial charge in [0.1, 0.15) is 0 Å². The van der Waals surface area contributed by atoms with E-state index in [9.17, 15) is 0 Å². The molecule has 0 aliphatic rings. The summed E-state index contributed by atoms with van der Waals surface area (Å²) in [4.78, 5) is 29.3. The van der Waals surface area contributed by atoms with Crippen LogP contribution in [0.15, 0.2) is 0 Å². The van der Waals surface area contributed by atoms with Crippen LogP contribution in [-0.4, -0.2) is 55.1 Å². The van der Waals surface area contributed by atoms with Crippen molar-refractivity contribution >= 4 is 29.1 Å². The van der Waals surface area contributed by atoms with E-state index in [0.717, 1.165) is 0 Å². The summed E-state index contributed by atoms with van der Waals surface area (Å²) in [6.07, 6.45) is 0. The van der Waals surface area contributed by atoms with Crippen molar-refractivity contribution in [1.82, 2.24) is 0 Å². The summed E-state index contributed by atoms with van der Waals surface area (Å²) >= 11 is -5.60. The molecule has 8 nitrogen and oxygen atoms in total. The Labute approximate surface area is 111 Å². The first kappa shape index (κ1) is 18.9. The summed E-state index contributed by atoms with van der Waals surface area (Å²) in [6, 6.07) is 0. The topological polar surface area (TPSA) is 162 Å². The van der Waals surface area contributed by atoms with Gasteiger partial charge < -0.3 is 19.2 Å². The van der Waals surface area contributed by atoms with Crippen LogP contribution in [0.5, 0.6) is 0 Å². The van der Waals surface area contributed by atoms with Crippen LogP contribution in [0.1, 0.15) is 0 Å². The van der Waals surface area contributed by atoms with E-state index in [-0.39, 0.29) is 51.4 Å². The molecule has 0 aromatic carbocycles. The molecule has 64 valence electrons. The van der Waals surface area contributed by atoms with Crippen LogP contribution >= 0.6 is 0 Å². The van der Waals surface area contributed by atoms with E-state index in [1.807, 2.05) is 0 Å². The molecule has 0 radical (unpaired) electrons. The first-order chi connectivity index (χ1) is 4.00. The minimum absolute atomic E-state index is 0. The second-order valence-corrected chi connectivity index (χ2v) is 5.09. The Morgan fingerprint density at radius 3 is 1.09 bits per heavy atom. The molecule has 0 aromatic heterocycles. The van der Waals surface area contributed by atoms with E-state index >= 15 is 0 Å². The molecule has 0 heterocycles. The van der Waals surface area contributed by atoms with Crippen molar-refractivity contribution < 1.29 is 83.7 Å². The van der Waals surface area contributed by atoms with Crippen LogP contribution in [0.25, 0.3) is 0 Å². The van der Waals surface area contributed by atoms with Gasteiger partial charge in [0.25, 0.3) is 0 Å². The first-order valence-electron chi connectivity index (χ1n) is 1.66. The normalized spacial score (nSPS) is 10.8. The van der Waals surface area contributed by atoms with Crippen molar-refractivity contribution in [3.63, 3.8) is 0 Å². The van der Waals surface area contributed by atoms with Crippen LogP contribution < -0.4 is 54.8 Å². The molecule has 0 amide bonds. The van der Waals surface area contributed by atoms with E-state index in [1.165, 1.54) is 0 Å². The van der Waals surface area contributed by atoms with Gasteiger partial charge in [-0.3, -0.25) is 0 Å². The molecule has 0 fully saturated rings. The third kappa shape index (κ3) is 264. The van der Waals surface area contributed by atoms with Gasteiger partial charge in [0.15, 0.2) is 0 Å². The molecule has 0 saturated heterocycles. The van der Waals surface area contributed by atoms with Gasteiger partial charge in [0.2, 0.25) is 0 Å². The summed E-state index contributed by atoms with van der Waals surface area (Å²) in [5.41, 5.74) is 0.